The van der Waals surface area contributed by atoms with E-state index in [1.807, 2.05) is 24.7 Å². The number of aromatic nitrogens is 4. The topological polar surface area (TPSA) is 42.1 Å². The van der Waals surface area contributed by atoms with Gasteiger partial charge in [0.05, 0.1) is 13.1 Å². The molecule has 0 aromatic carbocycles. The smallest absolute Gasteiger partial charge is 0.122 e. The average molecular weight is 342 g/mol. The Kier molecular flexibility index (Phi) is 4.65. The third-order valence-corrected chi connectivity index (χ3v) is 6.00. The van der Waals surface area contributed by atoms with Gasteiger partial charge in [0.2, 0.25) is 0 Å². The second-order valence-electron chi connectivity index (χ2n) is 7.96. The van der Waals surface area contributed by atoms with Gasteiger partial charge in [0.1, 0.15) is 5.82 Å². The van der Waals surface area contributed by atoms with E-state index in [-0.39, 0.29) is 0 Å². The lowest BCUT2D eigenvalue weighted by atomic mass is 9.92. The zero-order valence-electron chi connectivity index (χ0n) is 15.6. The van der Waals surface area contributed by atoms with Gasteiger partial charge in [-0.1, -0.05) is 0 Å². The lowest BCUT2D eigenvalue weighted by Gasteiger charge is -2.40. The summed E-state index contributed by atoms with van der Waals surface area (Å²) in [6.45, 7) is 9.04. The summed E-state index contributed by atoms with van der Waals surface area (Å²) in [6, 6.07) is 3.94. The van der Waals surface area contributed by atoms with E-state index in [2.05, 4.69) is 56.2 Å². The van der Waals surface area contributed by atoms with Crippen LogP contribution in [0.15, 0.2) is 30.9 Å². The molecular formula is C19H30N6. The molecule has 4 rings (SSSR count). The minimum atomic E-state index is 0.594. The molecule has 2 aromatic heterocycles. The number of rotatable bonds is 5. The molecule has 0 spiro atoms. The molecule has 136 valence electrons. The zero-order chi connectivity index (χ0) is 17.4. The van der Waals surface area contributed by atoms with Gasteiger partial charge in [0.25, 0.3) is 0 Å². The molecule has 2 saturated heterocycles. The number of piperidine rings is 1. The lowest BCUT2D eigenvalue weighted by Crippen LogP contribution is -2.49. The standard InChI is InChI=1S/C19H30N6/c1-15(2)25-17(13-24-8-4-6-21-24)11-16-12-23(9-5-18(16)25)14-19-20-7-10-22(19)3/h4,6-8,10,15-18H,5,9,11-14H2,1-3H3/t16-,17+,18+/m1/s1. The van der Waals surface area contributed by atoms with Crippen LogP contribution in [0.4, 0.5) is 0 Å². The van der Waals surface area contributed by atoms with Crippen LogP contribution in [0, 0.1) is 5.92 Å². The Morgan fingerprint density at radius 2 is 2.12 bits per heavy atom. The number of hydrogen-bond acceptors (Lipinski definition) is 4. The molecule has 2 fully saturated rings. The van der Waals surface area contributed by atoms with Gasteiger partial charge in [0, 0.05) is 63.1 Å². The van der Waals surface area contributed by atoms with Crippen LogP contribution in [-0.2, 0) is 20.1 Å². The average Bonchev–Trinajstić information content (AvgIpc) is 3.28. The number of imidazole rings is 1. The van der Waals surface area contributed by atoms with Crippen LogP contribution in [0.5, 0.6) is 0 Å². The number of hydrogen-bond donors (Lipinski definition) is 0. The lowest BCUT2D eigenvalue weighted by molar-refractivity contribution is 0.0706. The maximum atomic E-state index is 4.50. The van der Waals surface area contributed by atoms with E-state index >= 15 is 0 Å². The van der Waals surface area contributed by atoms with Crippen molar-refractivity contribution in [2.24, 2.45) is 13.0 Å². The maximum absolute atomic E-state index is 4.50. The molecule has 0 aliphatic carbocycles. The first-order valence-corrected chi connectivity index (χ1v) is 9.55. The predicted molar refractivity (Wildman–Crippen MR) is 98.0 cm³/mol. The maximum Gasteiger partial charge on any atom is 0.122 e. The summed E-state index contributed by atoms with van der Waals surface area (Å²) in [7, 11) is 2.09. The first-order chi connectivity index (χ1) is 12.1. The minimum Gasteiger partial charge on any atom is -0.337 e. The van der Waals surface area contributed by atoms with Crippen molar-refractivity contribution in [3.63, 3.8) is 0 Å². The largest absolute Gasteiger partial charge is 0.337 e. The Labute approximate surface area is 150 Å². The first kappa shape index (κ1) is 16.8. The van der Waals surface area contributed by atoms with Gasteiger partial charge >= 0.3 is 0 Å². The molecule has 0 bridgehead atoms. The number of likely N-dealkylation sites (tertiary alicyclic amines) is 2. The summed E-state index contributed by atoms with van der Waals surface area (Å²) in [5.41, 5.74) is 0. The molecule has 0 N–H and O–H groups in total. The highest BCUT2D eigenvalue weighted by molar-refractivity contribution is 5.00. The number of aryl methyl sites for hydroxylation is 1. The van der Waals surface area contributed by atoms with Gasteiger partial charge in [-0.2, -0.15) is 5.10 Å². The van der Waals surface area contributed by atoms with Crippen molar-refractivity contribution in [2.75, 3.05) is 13.1 Å². The van der Waals surface area contributed by atoms with Crippen LogP contribution in [0.3, 0.4) is 0 Å². The van der Waals surface area contributed by atoms with Gasteiger partial charge in [-0.25, -0.2) is 4.98 Å². The fourth-order valence-electron chi connectivity index (χ4n) is 4.95. The molecule has 0 radical (unpaired) electrons. The summed E-state index contributed by atoms with van der Waals surface area (Å²) >= 11 is 0. The Morgan fingerprint density at radius 1 is 1.24 bits per heavy atom. The second kappa shape index (κ2) is 6.92. The zero-order valence-corrected chi connectivity index (χ0v) is 15.6. The molecule has 0 amide bonds. The fourth-order valence-corrected chi connectivity index (χ4v) is 4.95. The van der Waals surface area contributed by atoms with Crippen molar-refractivity contribution >= 4 is 0 Å². The van der Waals surface area contributed by atoms with Crippen LogP contribution in [0.2, 0.25) is 0 Å². The summed E-state index contributed by atoms with van der Waals surface area (Å²) in [6.07, 6.45) is 10.5. The third-order valence-electron chi connectivity index (χ3n) is 6.00. The Balaban J connectivity index is 1.44. The Morgan fingerprint density at radius 3 is 2.80 bits per heavy atom. The van der Waals surface area contributed by atoms with Crippen molar-refractivity contribution in [1.29, 1.82) is 0 Å². The van der Waals surface area contributed by atoms with E-state index in [0.29, 0.717) is 12.1 Å². The quantitative estimate of drug-likeness (QED) is 0.833. The molecule has 2 aliphatic heterocycles. The van der Waals surface area contributed by atoms with Crippen molar-refractivity contribution in [3.05, 3.63) is 36.7 Å². The van der Waals surface area contributed by atoms with Gasteiger partial charge < -0.3 is 4.57 Å². The number of nitrogens with zero attached hydrogens (tertiary/aromatic N) is 6. The summed E-state index contributed by atoms with van der Waals surface area (Å²) in [4.78, 5) is 9.87. The van der Waals surface area contributed by atoms with Gasteiger partial charge in [-0.3, -0.25) is 14.5 Å². The molecule has 0 unspecified atom stereocenters. The van der Waals surface area contributed by atoms with Gasteiger partial charge in [-0.15, -0.1) is 0 Å². The molecule has 6 nitrogen and oxygen atoms in total. The van der Waals surface area contributed by atoms with E-state index in [4.69, 9.17) is 0 Å². The first-order valence-electron chi connectivity index (χ1n) is 9.55. The monoisotopic (exact) mass is 342 g/mol. The van der Waals surface area contributed by atoms with Crippen molar-refractivity contribution < 1.29 is 0 Å². The highest BCUT2D eigenvalue weighted by Crippen LogP contribution is 2.37. The van der Waals surface area contributed by atoms with E-state index in [0.717, 1.165) is 25.0 Å². The van der Waals surface area contributed by atoms with Gasteiger partial charge in [0.15, 0.2) is 0 Å². The summed E-state index contributed by atoms with van der Waals surface area (Å²) in [5.74, 6) is 1.93. The number of fused-ring (bicyclic) bond motifs is 1. The Bertz CT molecular complexity index is 676. The molecule has 4 heterocycles. The molecule has 6 heteroatoms. The molecule has 2 aromatic rings. The fraction of sp³-hybridized carbons (Fsp3) is 0.684. The SMILES string of the molecule is CC(C)N1[C@H](Cn2cccn2)C[C@@H]2CN(Cc3nccn3C)CC[C@@H]21. The highest BCUT2D eigenvalue weighted by atomic mass is 15.3. The predicted octanol–water partition coefficient (Wildman–Crippen LogP) is 1.99. The molecule has 0 saturated carbocycles. The van der Waals surface area contributed by atoms with Crippen LogP contribution in [0.1, 0.15) is 32.5 Å². The molecular weight excluding hydrogens is 312 g/mol. The van der Waals surface area contributed by atoms with Crippen molar-refractivity contribution in [2.45, 2.75) is 57.9 Å². The van der Waals surface area contributed by atoms with E-state index < -0.39 is 0 Å². The van der Waals surface area contributed by atoms with E-state index in [9.17, 15) is 0 Å². The molecule has 3 atom stereocenters. The van der Waals surface area contributed by atoms with Crippen LogP contribution in [0.25, 0.3) is 0 Å². The van der Waals surface area contributed by atoms with Crippen LogP contribution < -0.4 is 0 Å². The second-order valence-corrected chi connectivity index (χ2v) is 7.96. The summed E-state index contributed by atoms with van der Waals surface area (Å²) in [5, 5.41) is 4.43. The highest BCUT2D eigenvalue weighted by Gasteiger charge is 2.44. The van der Waals surface area contributed by atoms with E-state index in [1.54, 1.807) is 0 Å². The molecule has 2 aliphatic rings. The van der Waals surface area contributed by atoms with Crippen LogP contribution in [-0.4, -0.2) is 60.3 Å². The minimum absolute atomic E-state index is 0.594. The normalized spacial score (nSPS) is 27.9. The van der Waals surface area contributed by atoms with Gasteiger partial charge in [-0.05, 0) is 38.7 Å². The molecule has 25 heavy (non-hydrogen) atoms. The van der Waals surface area contributed by atoms with Crippen LogP contribution >= 0.6 is 0 Å². The third kappa shape index (κ3) is 3.37. The van der Waals surface area contributed by atoms with E-state index in [1.165, 1.54) is 31.8 Å². The summed E-state index contributed by atoms with van der Waals surface area (Å²) < 4.78 is 4.24. The Hall–Kier alpha value is -1.66. The van der Waals surface area contributed by atoms with Crippen molar-refractivity contribution in [3.8, 4) is 0 Å². The van der Waals surface area contributed by atoms with Crippen molar-refractivity contribution in [1.82, 2.24) is 29.1 Å².